The Hall–Kier alpha value is -1.12. The maximum atomic E-state index is 6.31. The quantitative estimate of drug-likeness (QED) is 0.871. The van der Waals surface area contributed by atoms with Crippen LogP contribution in [0.1, 0.15) is 33.9 Å². The maximum Gasteiger partial charge on any atom is 0.0338 e. The van der Waals surface area contributed by atoms with E-state index in [2.05, 4.69) is 49.7 Å². The first-order chi connectivity index (χ1) is 8.08. The molecule has 0 saturated carbocycles. The summed E-state index contributed by atoms with van der Waals surface area (Å²) in [6.45, 7) is 6.45. The highest BCUT2D eigenvalue weighted by Gasteiger charge is 2.11. The lowest BCUT2D eigenvalue weighted by Gasteiger charge is -2.16. The van der Waals surface area contributed by atoms with Gasteiger partial charge in [-0.15, -0.1) is 0 Å². The molecule has 0 fully saturated rings. The van der Waals surface area contributed by atoms with Crippen molar-refractivity contribution in [2.24, 2.45) is 5.73 Å². The summed E-state index contributed by atoms with van der Waals surface area (Å²) in [5.74, 6) is 0. The van der Waals surface area contributed by atoms with Crippen LogP contribution in [0.2, 0.25) is 0 Å². The van der Waals surface area contributed by atoms with Crippen LogP contribution in [0.5, 0.6) is 0 Å². The van der Waals surface area contributed by atoms with Crippen molar-refractivity contribution in [2.75, 3.05) is 0 Å². The number of nitrogens with two attached hydrogens (primary N) is 1. The topological polar surface area (TPSA) is 26.0 Å². The fourth-order valence-corrected chi connectivity index (χ4v) is 2.84. The highest BCUT2D eigenvalue weighted by Crippen LogP contribution is 2.23. The molecular formula is C15H19NS. The van der Waals surface area contributed by atoms with E-state index in [-0.39, 0.29) is 6.04 Å². The first-order valence-corrected chi connectivity index (χ1v) is 6.86. The predicted octanol–water partition coefficient (Wildman–Crippen LogP) is 3.92. The van der Waals surface area contributed by atoms with E-state index >= 15 is 0 Å². The van der Waals surface area contributed by atoms with Crippen molar-refractivity contribution in [1.82, 2.24) is 0 Å². The zero-order valence-corrected chi connectivity index (χ0v) is 11.5. The molecule has 0 aliphatic carbocycles. The molecule has 0 aliphatic rings. The number of hydrogen-bond donors (Lipinski definition) is 1. The third-order valence-electron chi connectivity index (χ3n) is 3.32. The summed E-state index contributed by atoms with van der Waals surface area (Å²) in [6, 6.07) is 6.73. The number of rotatable bonds is 3. The van der Waals surface area contributed by atoms with E-state index in [1.54, 1.807) is 11.3 Å². The summed E-state index contributed by atoms with van der Waals surface area (Å²) < 4.78 is 0. The number of benzene rings is 1. The molecule has 2 heteroatoms. The predicted molar refractivity (Wildman–Crippen MR) is 75.6 cm³/mol. The van der Waals surface area contributed by atoms with Gasteiger partial charge in [0.2, 0.25) is 0 Å². The molecule has 90 valence electrons. The molecule has 0 saturated heterocycles. The second-order valence-electron chi connectivity index (χ2n) is 4.74. The third kappa shape index (κ3) is 2.76. The summed E-state index contributed by atoms with van der Waals surface area (Å²) in [5.41, 5.74) is 12.9. The van der Waals surface area contributed by atoms with E-state index in [0.29, 0.717) is 0 Å². The molecular weight excluding hydrogens is 226 g/mol. The minimum Gasteiger partial charge on any atom is -0.324 e. The molecule has 0 amide bonds. The Balaban J connectivity index is 2.24. The standard InChI is InChI=1S/C15H19NS/c1-10-6-12(3)14(7-11(10)2)15(16)8-13-4-5-17-9-13/h4-7,9,15H,8,16H2,1-3H3. The third-order valence-corrected chi connectivity index (χ3v) is 4.05. The van der Waals surface area contributed by atoms with E-state index in [0.717, 1.165) is 6.42 Å². The number of thiophene rings is 1. The Morgan fingerprint density at radius 2 is 1.82 bits per heavy atom. The van der Waals surface area contributed by atoms with E-state index in [9.17, 15) is 0 Å². The van der Waals surface area contributed by atoms with Gasteiger partial charge in [0.05, 0.1) is 0 Å². The smallest absolute Gasteiger partial charge is 0.0338 e. The Morgan fingerprint density at radius 1 is 1.12 bits per heavy atom. The van der Waals surface area contributed by atoms with Crippen LogP contribution < -0.4 is 5.73 Å². The molecule has 1 aromatic heterocycles. The van der Waals surface area contributed by atoms with Gasteiger partial charge in [0.15, 0.2) is 0 Å². The van der Waals surface area contributed by atoms with Crippen LogP contribution in [-0.2, 0) is 6.42 Å². The first kappa shape index (κ1) is 12.3. The first-order valence-electron chi connectivity index (χ1n) is 5.92. The van der Waals surface area contributed by atoms with Crippen LogP contribution >= 0.6 is 11.3 Å². The molecule has 17 heavy (non-hydrogen) atoms. The van der Waals surface area contributed by atoms with Gasteiger partial charge in [0.1, 0.15) is 0 Å². The summed E-state index contributed by atoms with van der Waals surface area (Å²) >= 11 is 1.73. The van der Waals surface area contributed by atoms with E-state index in [1.807, 2.05) is 0 Å². The van der Waals surface area contributed by atoms with E-state index < -0.39 is 0 Å². The second-order valence-corrected chi connectivity index (χ2v) is 5.52. The Kier molecular flexibility index (Phi) is 3.65. The number of aryl methyl sites for hydroxylation is 3. The average molecular weight is 245 g/mol. The SMILES string of the molecule is Cc1cc(C)c(C(N)Cc2ccsc2)cc1C. The van der Waals surface area contributed by atoms with Crippen LogP contribution in [-0.4, -0.2) is 0 Å². The molecule has 2 aromatic rings. The molecule has 0 spiro atoms. The van der Waals surface area contributed by atoms with Crippen molar-refractivity contribution < 1.29 is 0 Å². The van der Waals surface area contributed by atoms with Crippen molar-refractivity contribution in [2.45, 2.75) is 33.2 Å². The fraction of sp³-hybridized carbons (Fsp3) is 0.333. The van der Waals surface area contributed by atoms with Crippen molar-refractivity contribution in [3.05, 3.63) is 56.8 Å². The van der Waals surface area contributed by atoms with Crippen molar-refractivity contribution >= 4 is 11.3 Å². The second kappa shape index (κ2) is 5.03. The molecule has 2 rings (SSSR count). The van der Waals surface area contributed by atoms with Crippen molar-refractivity contribution in [3.8, 4) is 0 Å². The minimum absolute atomic E-state index is 0.101. The van der Waals surface area contributed by atoms with Crippen LogP contribution in [0, 0.1) is 20.8 Å². The van der Waals surface area contributed by atoms with Gasteiger partial charge < -0.3 is 5.73 Å². The molecule has 1 unspecified atom stereocenters. The average Bonchev–Trinajstić information content (AvgIpc) is 2.76. The lowest BCUT2D eigenvalue weighted by molar-refractivity contribution is 0.717. The van der Waals surface area contributed by atoms with Crippen LogP contribution in [0.15, 0.2) is 29.0 Å². The molecule has 0 bridgehead atoms. The fourth-order valence-electron chi connectivity index (χ4n) is 2.16. The monoisotopic (exact) mass is 245 g/mol. The number of hydrogen-bond acceptors (Lipinski definition) is 2. The lowest BCUT2D eigenvalue weighted by atomic mass is 9.93. The van der Waals surface area contributed by atoms with Gasteiger partial charge in [0.25, 0.3) is 0 Å². The molecule has 1 aromatic carbocycles. The molecule has 2 N–H and O–H groups in total. The maximum absolute atomic E-state index is 6.31. The summed E-state index contributed by atoms with van der Waals surface area (Å²) in [7, 11) is 0. The zero-order valence-electron chi connectivity index (χ0n) is 10.7. The minimum atomic E-state index is 0.101. The van der Waals surface area contributed by atoms with Gasteiger partial charge in [-0.25, -0.2) is 0 Å². The van der Waals surface area contributed by atoms with Gasteiger partial charge in [-0.05, 0) is 71.8 Å². The van der Waals surface area contributed by atoms with Crippen LogP contribution in [0.4, 0.5) is 0 Å². The van der Waals surface area contributed by atoms with Crippen molar-refractivity contribution in [3.63, 3.8) is 0 Å². The van der Waals surface area contributed by atoms with Crippen molar-refractivity contribution in [1.29, 1.82) is 0 Å². The summed E-state index contributed by atoms with van der Waals surface area (Å²) in [4.78, 5) is 0. The highest BCUT2D eigenvalue weighted by molar-refractivity contribution is 7.07. The Labute approximate surface area is 107 Å². The Bertz CT molecular complexity index is 500. The van der Waals surface area contributed by atoms with Gasteiger partial charge in [-0.2, -0.15) is 11.3 Å². The lowest BCUT2D eigenvalue weighted by Crippen LogP contribution is -2.14. The summed E-state index contributed by atoms with van der Waals surface area (Å²) in [6.07, 6.45) is 0.923. The van der Waals surface area contributed by atoms with Gasteiger partial charge >= 0.3 is 0 Å². The molecule has 0 radical (unpaired) electrons. The largest absolute Gasteiger partial charge is 0.324 e. The molecule has 0 aliphatic heterocycles. The molecule has 1 nitrogen and oxygen atoms in total. The molecule has 1 atom stereocenters. The van der Waals surface area contributed by atoms with Gasteiger partial charge in [-0.3, -0.25) is 0 Å². The normalized spacial score (nSPS) is 12.7. The zero-order chi connectivity index (χ0) is 12.4. The van der Waals surface area contributed by atoms with Gasteiger partial charge in [0, 0.05) is 6.04 Å². The summed E-state index contributed by atoms with van der Waals surface area (Å²) in [5, 5.41) is 4.28. The van der Waals surface area contributed by atoms with E-state index in [4.69, 9.17) is 5.73 Å². The Morgan fingerprint density at radius 3 is 2.47 bits per heavy atom. The van der Waals surface area contributed by atoms with Crippen LogP contribution in [0.3, 0.4) is 0 Å². The van der Waals surface area contributed by atoms with E-state index in [1.165, 1.54) is 27.8 Å². The van der Waals surface area contributed by atoms with Gasteiger partial charge in [-0.1, -0.05) is 12.1 Å². The highest BCUT2D eigenvalue weighted by atomic mass is 32.1. The molecule has 1 heterocycles. The van der Waals surface area contributed by atoms with Crippen LogP contribution in [0.25, 0.3) is 0 Å².